The number of aliphatic hydroxyl groups is 1. The molecule has 0 aromatic heterocycles. The molecule has 0 aliphatic heterocycles. The maximum absolute atomic E-state index is 8.65. The molecule has 1 aromatic carbocycles. The van der Waals surface area contributed by atoms with Gasteiger partial charge in [0.15, 0.2) is 11.5 Å². The van der Waals surface area contributed by atoms with E-state index >= 15 is 0 Å². The monoisotopic (exact) mass is 298 g/mol. The Balaban J connectivity index is 2.48. The molecule has 1 aromatic rings. The van der Waals surface area contributed by atoms with E-state index in [0.29, 0.717) is 23.8 Å². The minimum atomic E-state index is 0.179. The van der Waals surface area contributed by atoms with Crippen LogP contribution in [-0.4, -0.2) is 52.7 Å². The number of nitrogens with one attached hydrogen (secondary N) is 2. The first-order valence-corrected chi connectivity index (χ1v) is 7.08. The van der Waals surface area contributed by atoms with Crippen molar-refractivity contribution in [2.24, 2.45) is 0 Å². The van der Waals surface area contributed by atoms with Crippen LogP contribution in [0.5, 0.6) is 17.2 Å². The molecule has 6 nitrogen and oxygen atoms in total. The second-order valence-electron chi connectivity index (χ2n) is 4.54. The first kappa shape index (κ1) is 17.6. The van der Waals surface area contributed by atoms with Crippen LogP contribution < -0.4 is 24.8 Å². The summed E-state index contributed by atoms with van der Waals surface area (Å²) in [6.07, 6.45) is 1.00. The summed E-state index contributed by atoms with van der Waals surface area (Å²) in [5, 5.41) is 15.2. The molecule has 120 valence electrons. The molecule has 0 unspecified atom stereocenters. The maximum Gasteiger partial charge on any atom is 0.203 e. The number of rotatable bonds is 11. The molecule has 0 amide bonds. The highest BCUT2D eigenvalue weighted by molar-refractivity contribution is 5.53. The van der Waals surface area contributed by atoms with Crippen LogP contribution in [-0.2, 0) is 6.54 Å². The van der Waals surface area contributed by atoms with Gasteiger partial charge >= 0.3 is 0 Å². The lowest BCUT2D eigenvalue weighted by Crippen LogP contribution is -2.23. The van der Waals surface area contributed by atoms with Gasteiger partial charge in [-0.1, -0.05) is 0 Å². The third-order valence-electron chi connectivity index (χ3n) is 3.05. The van der Waals surface area contributed by atoms with Crippen molar-refractivity contribution in [3.05, 3.63) is 17.7 Å². The summed E-state index contributed by atoms with van der Waals surface area (Å²) in [6.45, 7) is 3.35. The molecule has 1 rings (SSSR count). The Morgan fingerprint density at radius 3 is 2.05 bits per heavy atom. The molecule has 21 heavy (non-hydrogen) atoms. The quantitative estimate of drug-likeness (QED) is 0.524. The number of methoxy groups -OCH3 is 3. The Morgan fingerprint density at radius 1 is 0.905 bits per heavy atom. The minimum Gasteiger partial charge on any atom is -0.493 e. The molecule has 0 atom stereocenters. The summed E-state index contributed by atoms with van der Waals surface area (Å²) in [5.74, 6) is 1.94. The van der Waals surface area contributed by atoms with Gasteiger partial charge < -0.3 is 30.0 Å². The predicted octanol–water partition coefficient (Wildman–Crippen LogP) is 0.774. The standard InChI is InChI=1S/C15H26N2O4/c1-19-13-9-12(10-14(20-2)15(13)21-3)11-17-6-4-5-16-7-8-18/h9-10,16-18H,4-8,11H2,1-3H3. The number of hydrogen-bond donors (Lipinski definition) is 3. The second kappa shape index (κ2) is 10.3. The van der Waals surface area contributed by atoms with Gasteiger partial charge in [0.25, 0.3) is 0 Å². The maximum atomic E-state index is 8.65. The second-order valence-corrected chi connectivity index (χ2v) is 4.54. The Hall–Kier alpha value is -1.50. The fraction of sp³-hybridized carbons (Fsp3) is 0.600. The van der Waals surface area contributed by atoms with Gasteiger partial charge in [0.05, 0.1) is 27.9 Å². The van der Waals surface area contributed by atoms with E-state index in [0.717, 1.165) is 31.6 Å². The van der Waals surface area contributed by atoms with E-state index in [1.807, 2.05) is 12.1 Å². The lowest BCUT2D eigenvalue weighted by molar-refractivity contribution is 0.292. The minimum absolute atomic E-state index is 0.179. The molecule has 0 fully saturated rings. The zero-order valence-corrected chi connectivity index (χ0v) is 13.1. The summed E-state index contributed by atoms with van der Waals surface area (Å²) in [6, 6.07) is 3.89. The molecule has 0 spiro atoms. The average Bonchev–Trinajstić information content (AvgIpc) is 2.52. The lowest BCUT2D eigenvalue weighted by atomic mass is 10.1. The van der Waals surface area contributed by atoms with Gasteiger partial charge in [-0.15, -0.1) is 0 Å². The van der Waals surface area contributed by atoms with E-state index in [1.165, 1.54) is 0 Å². The molecule has 0 heterocycles. The molecule has 0 saturated carbocycles. The lowest BCUT2D eigenvalue weighted by Gasteiger charge is -2.14. The summed E-state index contributed by atoms with van der Waals surface area (Å²) < 4.78 is 15.9. The van der Waals surface area contributed by atoms with Crippen LogP contribution in [0, 0.1) is 0 Å². The number of aliphatic hydroxyl groups excluding tert-OH is 1. The van der Waals surface area contributed by atoms with Crippen molar-refractivity contribution in [2.75, 3.05) is 47.6 Å². The third-order valence-corrected chi connectivity index (χ3v) is 3.05. The molecule has 0 aliphatic carbocycles. The van der Waals surface area contributed by atoms with Gasteiger partial charge in [-0.25, -0.2) is 0 Å². The molecular weight excluding hydrogens is 272 g/mol. The number of hydrogen-bond acceptors (Lipinski definition) is 6. The molecule has 0 aliphatic rings. The highest BCUT2D eigenvalue weighted by Crippen LogP contribution is 2.38. The van der Waals surface area contributed by atoms with E-state index in [-0.39, 0.29) is 6.61 Å². The first-order valence-electron chi connectivity index (χ1n) is 7.08. The highest BCUT2D eigenvalue weighted by Gasteiger charge is 2.12. The molecule has 0 radical (unpaired) electrons. The SMILES string of the molecule is COc1cc(CNCCCNCCO)cc(OC)c1OC. The van der Waals surface area contributed by atoms with Crippen molar-refractivity contribution in [3.63, 3.8) is 0 Å². The summed E-state index contributed by atoms with van der Waals surface area (Å²) in [7, 11) is 4.82. The predicted molar refractivity (Wildman–Crippen MR) is 82.4 cm³/mol. The summed E-state index contributed by atoms with van der Waals surface area (Å²) >= 11 is 0. The Morgan fingerprint density at radius 2 is 1.52 bits per heavy atom. The van der Waals surface area contributed by atoms with Crippen LogP contribution in [0.4, 0.5) is 0 Å². The molecule has 6 heteroatoms. The van der Waals surface area contributed by atoms with Crippen molar-refractivity contribution in [1.29, 1.82) is 0 Å². The normalized spacial score (nSPS) is 10.5. The first-order chi connectivity index (χ1) is 10.3. The largest absolute Gasteiger partial charge is 0.493 e. The number of ether oxygens (including phenoxy) is 3. The van der Waals surface area contributed by atoms with Gasteiger partial charge in [-0.3, -0.25) is 0 Å². The van der Waals surface area contributed by atoms with Gasteiger partial charge in [0.2, 0.25) is 5.75 Å². The Labute approximate surface area is 126 Å². The highest BCUT2D eigenvalue weighted by atomic mass is 16.5. The van der Waals surface area contributed by atoms with E-state index in [1.54, 1.807) is 21.3 Å². The van der Waals surface area contributed by atoms with Crippen LogP contribution in [0.15, 0.2) is 12.1 Å². The van der Waals surface area contributed by atoms with Crippen LogP contribution in [0.2, 0.25) is 0 Å². The van der Waals surface area contributed by atoms with Crippen molar-refractivity contribution in [1.82, 2.24) is 10.6 Å². The smallest absolute Gasteiger partial charge is 0.203 e. The zero-order chi connectivity index (χ0) is 15.5. The summed E-state index contributed by atoms with van der Waals surface area (Å²) in [4.78, 5) is 0. The van der Waals surface area contributed by atoms with Crippen LogP contribution in [0.3, 0.4) is 0 Å². The van der Waals surface area contributed by atoms with E-state index in [9.17, 15) is 0 Å². The summed E-state index contributed by atoms with van der Waals surface area (Å²) in [5.41, 5.74) is 1.08. The van der Waals surface area contributed by atoms with Crippen molar-refractivity contribution < 1.29 is 19.3 Å². The molecule has 0 saturated heterocycles. The zero-order valence-electron chi connectivity index (χ0n) is 13.1. The fourth-order valence-electron chi connectivity index (χ4n) is 2.01. The van der Waals surface area contributed by atoms with Crippen LogP contribution >= 0.6 is 0 Å². The van der Waals surface area contributed by atoms with Crippen molar-refractivity contribution in [2.45, 2.75) is 13.0 Å². The van der Waals surface area contributed by atoms with Gasteiger partial charge in [0.1, 0.15) is 0 Å². The molecule has 0 bridgehead atoms. The molecule has 3 N–H and O–H groups in total. The van der Waals surface area contributed by atoms with Crippen LogP contribution in [0.25, 0.3) is 0 Å². The van der Waals surface area contributed by atoms with Crippen molar-refractivity contribution >= 4 is 0 Å². The van der Waals surface area contributed by atoms with E-state index in [2.05, 4.69) is 10.6 Å². The third kappa shape index (κ3) is 5.79. The topological polar surface area (TPSA) is 72.0 Å². The molecular formula is C15H26N2O4. The Bertz CT molecular complexity index is 388. The average molecular weight is 298 g/mol. The van der Waals surface area contributed by atoms with Gasteiger partial charge in [0, 0.05) is 13.1 Å². The van der Waals surface area contributed by atoms with Crippen molar-refractivity contribution in [3.8, 4) is 17.2 Å². The van der Waals surface area contributed by atoms with E-state index < -0.39 is 0 Å². The van der Waals surface area contributed by atoms with Gasteiger partial charge in [-0.05, 0) is 37.2 Å². The Kier molecular flexibility index (Phi) is 8.57. The van der Waals surface area contributed by atoms with E-state index in [4.69, 9.17) is 19.3 Å². The number of benzene rings is 1. The fourth-order valence-corrected chi connectivity index (χ4v) is 2.01. The van der Waals surface area contributed by atoms with Gasteiger partial charge in [-0.2, -0.15) is 0 Å². The van der Waals surface area contributed by atoms with Crippen LogP contribution in [0.1, 0.15) is 12.0 Å².